The van der Waals surface area contributed by atoms with Crippen molar-refractivity contribution in [3.05, 3.63) is 59.4 Å². The predicted octanol–water partition coefficient (Wildman–Crippen LogP) is 3.61. The van der Waals surface area contributed by atoms with Crippen molar-refractivity contribution >= 4 is 29.0 Å². The molecule has 2 aromatic carbocycles. The number of fused-ring (bicyclic) bond motifs is 3. The quantitative estimate of drug-likeness (QED) is 0.541. The molecule has 96 valence electrons. The van der Waals surface area contributed by atoms with Gasteiger partial charge < -0.3 is 4.98 Å². The number of para-hydroxylation sites is 2. The van der Waals surface area contributed by atoms with Crippen molar-refractivity contribution in [3.63, 3.8) is 0 Å². The lowest BCUT2D eigenvalue weighted by Gasteiger charge is -2.04. The van der Waals surface area contributed by atoms with E-state index >= 15 is 0 Å². The molecular formula is C15H10N4S. The van der Waals surface area contributed by atoms with E-state index in [0.29, 0.717) is 10.5 Å². The summed E-state index contributed by atoms with van der Waals surface area (Å²) in [5, 5.41) is 0. The lowest BCUT2D eigenvalue weighted by atomic mass is 10.2. The van der Waals surface area contributed by atoms with Gasteiger partial charge in [0, 0.05) is 5.56 Å². The summed E-state index contributed by atoms with van der Waals surface area (Å²) in [5.74, 6) is 1.52. The van der Waals surface area contributed by atoms with Gasteiger partial charge in [-0.3, -0.25) is 4.40 Å². The molecule has 0 atom stereocenters. The van der Waals surface area contributed by atoms with Crippen molar-refractivity contribution in [3.8, 4) is 11.4 Å². The Kier molecular flexibility index (Phi) is 2.40. The van der Waals surface area contributed by atoms with Crippen LogP contribution in [0.4, 0.5) is 0 Å². The van der Waals surface area contributed by atoms with Gasteiger partial charge in [-0.05, 0) is 24.4 Å². The molecule has 0 aliphatic heterocycles. The van der Waals surface area contributed by atoms with Gasteiger partial charge in [0.1, 0.15) is 0 Å². The number of H-pyrrole nitrogens is 1. The molecule has 0 saturated carbocycles. The van der Waals surface area contributed by atoms with Crippen LogP contribution in [0.5, 0.6) is 0 Å². The summed E-state index contributed by atoms with van der Waals surface area (Å²) < 4.78 is 2.34. The normalized spacial score (nSPS) is 11.2. The van der Waals surface area contributed by atoms with Crippen LogP contribution < -0.4 is 0 Å². The highest BCUT2D eigenvalue weighted by Crippen LogP contribution is 2.22. The van der Waals surface area contributed by atoms with Crippen LogP contribution in [-0.4, -0.2) is 19.4 Å². The fourth-order valence-electron chi connectivity index (χ4n) is 2.39. The van der Waals surface area contributed by atoms with Gasteiger partial charge in [0.05, 0.1) is 11.0 Å². The van der Waals surface area contributed by atoms with Crippen molar-refractivity contribution in [2.75, 3.05) is 0 Å². The highest BCUT2D eigenvalue weighted by atomic mass is 32.1. The van der Waals surface area contributed by atoms with E-state index in [1.165, 1.54) is 0 Å². The summed E-state index contributed by atoms with van der Waals surface area (Å²) in [6, 6.07) is 18.0. The van der Waals surface area contributed by atoms with Crippen molar-refractivity contribution in [2.24, 2.45) is 0 Å². The van der Waals surface area contributed by atoms with E-state index in [2.05, 4.69) is 15.0 Å². The zero-order chi connectivity index (χ0) is 13.5. The molecule has 0 radical (unpaired) electrons. The third-order valence-electron chi connectivity index (χ3n) is 3.25. The fourth-order valence-corrected chi connectivity index (χ4v) is 2.57. The van der Waals surface area contributed by atoms with Crippen molar-refractivity contribution in [2.45, 2.75) is 0 Å². The van der Waals surface area contributed by atoms with E-state index in [-0.39, 0.29) is 0 Å². The first-order valence-electron chi connectivity index (χ1n) is 6.26. The Balaban J connectivity index is 2.22. The van der Waals surface area contributed by atoms with Crippen LogP contribution in [0.15, 0.2) is 54.6 Å². The number of nitrogens with zero attached hydrogens (tertiary/aromatic N) is 3. The fraction of sp³-hybridized carbons (Fsp3) is 0. The Morgan fingerprint density at radius 1 is 0.900 bits per heavy atom. The Hall–Kier alpha value is -2.53. The molecule has 20 heavy (non-hydrogen) atoms. The molecule has 2 heterocycles. The van der Waals surface area contributed by atoms with Gasteiger partial charge in [-0.1, -0.05) is 42.5 Å². The van der Waals surface area contributed by atoms with Crippen LogP contribution in [-0.2, 0) is 0 Å². The van der Waals surface area contributed by atoms with Crippen LogP contribution in [0.1, 0.15) is 0 Å². The van der Waals surface area contributed by atoms with Crippen LogP contribution in [0.2, 0.25) is 0 Å². The number of benzene rings is 2. The summed E-state index contributed by atoms with van der Waals surface area (Å²) in [6.45, 7) is 0. The maximum absolute atomic E-state index is 5.18. The van der Waals surface area contributed by atoms with Crippen LogP contribution in [0.3, 0.4) is 0 Å². The maximum Gasteiger partial charge on any atom is 0.224 e. The number of rotatable bonds is 1. The summed E-state index contributed by atoms with van der Waals surface area (Å²) >= 11 is 5.18. The number of nitrogens with one attached hydrogen (secondary N) is 1. The first-order chi connectivity index (χ1) is 9.83. The van der Waals surface area contributed by atoms with Crippen molar-refractivity contribution < 1.29 is 0 Å². The van der Waals surface area contributed by atoms with Gasteiger partial charge >= 0.3 is 0 Å². The Labute approximate surface area is 119 Å². The van der Waals surface area contributed by atoms with Crippen LogP contribution in [0.25, 0.3) is 28.2 Å². The van der Waals surface area contributed by atoms with Crippen molar-refractivity contribution in [1.29, 1.82) is 0 Å². The molecule has 2 aromatic heterocycles. The molecule has 0 bridgehead atoms. The molecule has 0 amide bonds. The minimum atomic E-state index is 0.343. The first-order valence-corrected chi connectivity index (χ1v) is 6.67. The minimum absolute atomic E-state index is 0.343. The van der Waals surface area contributed by atoms with E-state index in [1.807, 2.05) is 59.0 Å². The average molecular weight is 278 g/mol. The van der Waals surface area contributed by atoms with Gasteiger partial charge in [-0.2, -0.15) is 9.97 Å². The standard InChI is InChI=1S/C15H10N4S/c20-15-17-13(10-6-2-1-3-7-10)19-12-9-5-4-8-11(12)16-14(19)18-15/h1-9H,(H,16,18,20). The third kappa shape index (κ3) is 1.64. The zero-order valence-corrected chi connectivity index (χ0v) is 11.3. The minimum Gasteiger partial charge on any atom is -0.323 e. The summed E-state index contributed by atoms with van der Waals surface area (Å²) in [6.07, 6.45) is 0. The Bertz CT molecular complexity index is 969. The highest BCUT2D eigenvalue weighted by Gasteiger charge is 2.10. The number of hydrogen-bond acceptors (Lipinski definition) is 3. The molecule has 0 unspecified atom stereocenters. The predicted molar refractivity (Wildman–Crippen MR) is 81.1 cm³/mol. The Morgan fingerprint density at radius 2 is 1.65 bits per heavy atom. The highest BCUT2D eigenvalue weighted by molar-refractivity contribution is 7.71. The first kappa shape index (κ1) is 11.3. The molecule has 0 spiro atoms. The molecule has 0 aliphatic rings. The number of hydrogen-bond donors (Lipinski definition) is 1. The summed E-state index contributed by atoms with van der Waals surface area (Å²) in [5.41, 5.74) is 3.07. The van der Waals surface area contributed by atoms with E-state index in [0.717, 1.165) is 22.4 Å². The topological polar surface area (TPSA) is 46.0 Å². The molecule has 4 rings (SSSR count). The SMILES string of the molecule is S=c1nc(-c2ccccc2)n2c(n1)[nH]c1ccccc12. The van der Waals surface area contributed by atoms with E-state index in [1.54, 1.807) is 0 Å². The Morgan fingerprint density at radius 3 is 2.50 bits per heavy atom. The van der Waals surface area contributed by atoms with Crippen molar-refractivity contribution in [1.82, 2.24) is 19.4 Å². The number of imidazole rings is 1. The number of aromatic nitrogens is 4. The van der Waals surface area contributed by atoms with E-state index in [9.17, 15) is 0 Å². The smallest absolute Gasteiger partial charge is 0.224 e. The number of aromatic amines is 1. The molecular weight excluding hydrogens is 268 g/mol. The monoisotopic (exact) mass is 278 g/mol. The largest absolute Gasteiger partial charge is 0.323 e. The summed E-state index contributed by atoms with van der Waals surface area (Å²) in [7, 11) is 0. The van der Waals surface area contributed by atoms with Gasteiger partial charge in [-0.15, -0.1) is 0 Å². The van der Waals surface area contributed by atoms with E-state index in [4.69, 9.17) is 12.2 Å². The second-order valence-corrected chi connectivity index (χ2v) is 4.86. The molecule has 0 fully saturated rings. The molecule has 5 heteroatoms. The average Bonchev–Trinajstić information content (AvgIpc) is 2.85. The van der Waals surface area contributed by atoms with Crippen LogP contribution >= 0.6 is 12.2 Å². The second kappa shape index (κ2) is 4.25. The molecule has 0 saturated heterocycles. The molecule has 4 nitrogen and oxygen atoms in total. The molecule has 1 N–H and O–H groups in total. The maximum atomic E-state index is 5.18. The van der Waals surface area contributed by atoms with Gasteiger partial charge in [0.25, 0.3) is 0 Å². The lowest BCUT2D eigenvalue weighted by Crippen LogP contribution is -1.99. The molecule has 0 aliphatic carbocycles. The lowest BCUT2D eigenvalue weighted by molar-refractivity contribution is 1.02. The summed E-state index contributed by atoms with van der Waals surface area (Å²) in [4.78, 5) is 12.0. The van der Waals surface area contributed by atoms with E-state index < -0.39 is 0 Å². The second-order valence-electron chi connectivity index (χ2n) is 4.50. The van der Waals surface area contributed by atoms with Gasteiger partial charge in [-0.25, -0.2) is 0 Å². The van der Waals surface area contributed by atoms with Gasteiger partial charge in [0.2, 0.25) is 10.5 Å². The van der Waals surface area contributed by atoms with Gasteiger partial charge in [0.15, 0.2) is 5.82 Å². The van der Waals surface area contributed by atoms with Crippen LogP contribution in [0, 0.1) is 4.77 Å². The zero-order valence-electron chi connectivity index (χ0n) is 10.4. The molecule has 4 aromatic rings. The third-order valence-corrected chi connectivity index (χ3v) is 3.43.